The molecule has 5 heteroatoms. The van der Waals surface area contributed by atoms with Crippen molar-refractivity contribution in [3.05, 3.63) is 18.0 Å². The average molecular weight is 235 g/mol. The van der Waals surface area contributed by atoms with Crippen molar-refractivity contribution in [2.24, 2.45) is 7.05 Å². The summed E-state index contributed by atoms with van der Waals surface area (Å²) in [4.78, 5) is 5.10. The fraction of sp³-hybridized carbons (Fsp3) is 0.750. The molecule has 2 aliphatic heterocycles. The van der Waals surface area contributed by atoms with Crippen LogP contribution in [0.1, 0.15) is 5.69 Å². The van der Waals surface area contributed by atoms with Crippen molar-refractivity contribution in [2.75, 3.05) is 39.3 Å². The first-order valence-electron chi connectivity index (χ1n) is 6.47. The molecule has 0 unspecified atom stereocenters. The zero-order valence-electron chi connectivity index (χ0n) is 10.5. The maximum absolute atomic E-state index is 4.42. The molecule has 0 aliphatic carbocycles. The van der Waals surface area contributed by atoms with Crippen molar-refractivity contribution >= 4 is 0 Å². The minimum absolute atomic E-state index is 0.779. The Labute approximate surface area is 102 Å². The first-order chi connectivity index (χ1) is 8.31. The SMILES string of the molecule is Cn1ccc(CN2CC(N3CCNCC3)C2)n1. The van der Waals surface area contributed by atoms with E-state index in [-0.39, 0.29) is 0 Å². The summed E-state index contributed by atoms with van der Waals surface area (Å²) in [5.41, 5.74) is 1.19. The molecule has 1 N–H and O–H groups in total. The summed E-state index contributed by atoms with van der Waals surface area (Å²) >= 11 is 0. The van der Waals surface area contributed by atoms with Gasteiger partial charge in [-0.05, 0) is 6.07 Å². The van der Waals surface area contributed by atoms with Crippen molar-refractivity contribution in [1.29, 1.82) is 0 Å². The van der Waals surface area contributed by atoms with E-state index in [1.165, 1.54) is 31.9 Å². The molecular formula is C12H21N5. The Morgan fingerprint density at radius 2 is 2.12 bits per heavy atom. The highest BCUT2D eigenvalue weighted by molar-refractivity contribution is 5.01. The Hall–Kier alpha value is -0.910. The summed E-state index contributed by atoms with van der Waals surface area (Å²) < 4.78 is 1.88. The van der Waals surface area contributed by atoms with Gasteiger partial charge < -0.3 is 5.32 Å². The van der Waals surface area contributed by atoms with Gasteiger partial charge in [0, 0.05) is 65.1 Å². The second kappa shape index (κ2) is 4.76. The summed E-state index contributed by atoms with van der Waals surface area (Å²) in [6, 6.07) is 2.89. The van der Waals surface area contributed by atoms with Crippen LogP contribution in [0.25, 0.3) is 0 Å². The van der Waals surface area contributed by atoms with Gasteiger partial charge in [0.05, 0.1) is 5.69 Å². The Morgan fingerprint density at radius 3 is 2.76 bits per heavy atom. The van der Waals surface area contributed by atoms with Gasteiger partial charge in [-0.15, -0.1) is 0 Å². The second-order valence-corrected chi connectivity index (χ2v) is 5.11. The summed E-state index contributed by atoms with van der Waals surface area (Å²) in [6.07, 6.45) is 2.02. The number of nitrogens with zero attached hydrogens (tertiary/aromatic N) is 4. The topological polar surface area (TPSA) is 36.3 Å². The van der Waals surface area contributed by atoms with E-state index in [9.17, 15) is 0 Å². The summed E-state index contributed by atoms with van der Waals surface area (Å²) in [5, 5.41) is 7.82. The van der Waals surface area contributed by atoms with Gasteiger partial charge in [0.15, 0.2) is 0 Å². The van der Waals surface area contributed by atoms with Crippen molar-refractivity contribution in [2.45, 2.75) is 12.6 Å². The van der Waals surface area contributed by atoms with E-state index in [0.29, 0.717) is 0 Å². The van der Waals surface area contributed by atoms with Crippen LogP contribution in [0.5, 0.6) is 0 Å². The molecule has 2 aliphatic rings. The third kappa shape index (κ3) is 2.51. The van der Waals surface area contributed by atoms with E-state index in [2.05, 4.69) is 26.3 Å². The van der Waals surface area contributed by atoms with Crippen LogP contribution in [0.4, 0.5) is 0 Å². The Balaban J connectivity index is 1.45. The van der Waals surface area contributed by atoms with Crippen LogP contribution in [0.2, 0.25) is 0 Å². The molecule has 2 saturated heterocycles. The molecule has 1 aromatic heterocycles. The molecule has 0 bridgehead atoms. The zero-order chi connectivity index (χ0) is 11.7. The lowest BCUT2D eigenvalue weighted by Gasteiger charge is -2.46. The van der Waals surface area contributed by atoms with E-state index in [4.69, 9.17) is 0 Å². The molecule has 17 heavy (non-hydrogen) atoms. The number of hydrogen-bond acceptors (Lipinski definition) is 4. The Bertz CT molecular complexity index is 363. The monoisotopic (exact) mass is 235 g/mol. The molecule has 3 rings (SSSR count). The third-order valence-electron chi connectivity index (χ3n) is 3.76. The molecule has 2 fully saturated rings. The fourth-order valence-corrected chi connectivity index (χ4v) is 2.73. The average Bonchev–Trinajstić information content (AvgIpc) is 2.70. The quantitative estimate of drug-likeness (QED) is 0.767. The Morgan fingerprint density at radius 1 is 1.35 bits per heavy atom. The Kier molecular flexibility index (Phi) is 3.13. The number of piperazine rings is 1. The smallest absolute Gasteiger partial charge is 0.0764 e. The van der Waals surface area contributed by atoms with Crippen LogP contribution in [-0.2, 0) is 13.6 Å². The normalized spacial score (nSPS) is 23.8. The predicted molar refractivity (Wildman–Crippen MR) is 66.7 cm³/mol. The molecule has 0 saturated carbocycles. The van der Waals surface area contributed by atoms with Crippen LogP contribution >= 0.6 is 0 Å². The van der Waals surface area contributed by atoms with E-state index in [0.717, 1.165) is 25.7 Å². The fourth-order valence-electron chi connectivity index (χ4n) is 2.73. The number of likely N-dealkylation sites (tertiary alicyclic amines) is 1. The minimum Gasteiger partial charge on any atom is -0.314 e. The number of hydrogen-bond donors (Lipinski definition) is 1. The lowest BCUT2D eigenvalue weighted by Crippen LogP contribution is -2.62. The molecule has 3 heterocycles. The maximum Gasteiger partial charge on any atom is 0.0764 e. The van der Waals surface area contributed by atoms with Gasteiger partial charge in [-0.3, -0.25) is 14.5 Å². The first kappa shape index (κ1) is 11.2. The maximum atomic E-state index is 4.42. The van der Waals surface area contributed by atoms with Gasteiger partial charge in [-0.1, -0.05) is 0 Å². The van der Waals surface area contributed by atoms with Crippen molar-refractivity contribution in [3.63, 3.8) is 0 Å². The molecule has 0 radical (unpaired) electrons. The van der Waals surface area contributed by atoms with E-state index >= 15 is 0 Å². The highest BCUT2D eigenvalue weighted by Crippen LogP contribution is 2.17. The molecular weight excluding hydrogens is 214 g/mol. The van der Waals surface area contributed by atoms with Gasteiger partial charge >= 0.3 is 0 Å². The number of nitrogens with one attached hydrogen (secondary N) is 1. The number of rotatable bonds is 3. The van der Waals surface area contributed by atoms with Crippen molar-refractivity contribution in [1.82, 2.24) is 24.9 Å². The number of aryl methyl sites for hydroxylation is 1. The van der Waals surface area contributed by atoms with Crippen LogP contribution < -0.4 is 5.32 Å². The first-order valence-corrected chi connectivity index (χ1v) is 6.47. The molecule has 0 spiro atoms. The van der Waals surface area contributed by atoms with Gasteiger partial charge in [0.2, 0.25) is 0 Å². The highest BCUT2D eigenvalue weighted by Gasteiger charge is 2.32. The molecule has 0 atom stereocenters. The third-order valence-corrected chi connectivity index (χ3v) is 3.76. The molecule has 0 amide bonds. The van der Waals surface area contributed by atoms with Crippen molar-refractivity contribution in [3.8, 4) is 0 Å². The van der Waals surface area contributed by atoms with Gasteiger partial charge in [-0.25, -0.2) is 0 Å². The summed E-state index contributed by atoms with van der Waals surface area (Å²) in [7, 11) is 1.98. The van der Waals surface area contributed by atoms with Crippen LogP contribution in [0.15, 0.2) is 12.3 Å². The molecule has 0 aromatic carbocycles. The standard InChI is InChI=1S/C12H21N5/c1-15-5-2-11(14-15)8-16-9-12(10-16)17-6-3-13-4-7-17/h2,5,12-13H,3-4,6-10H2,1H3. The van der Waals surface area contributed by atoms with E-state index in [1.807, 2.05) is 17.9 Å². The summed E-state index contributed by atoms with van der Waals surface area (Å²) in [5.74, 6) is 0. The van der Waals surface area contributed by atoms with Gasteiger partial charge in [0.1, 0.15) is 0 Å². The summed E-state index contributed by atoms with van der Waals surface area (Å²) in [6.45, 7) is 8.13. The van der Waals surface area contributed by atoms with E-state index in [1.54, 1.807) is 0 Å². The van der Waals surface area contributed by atoms with Gasteiger partial charge in [0.25, 0.3) is 0 Å². The zero-order valence-corrected chi connectivity index (χ0v) is 10.5. The van der Waals surface area contributed by atoms with Crippen molar-refractivity contribution < 1.29 is 0 Å². The minimum atomic E-state index is 0.779. The van der Waals surface area contributed by atoms with Crippen LogP contribution in [-0.4, -0.2) is 64.9 Å². The number of aromatic nitrogens is 2. The molecule has 5 nitrogen and oxygen atoms in total. The van der Waals surface area contributed by atoms with Crippen LogP contribution in [0, 0.1) is 0 Å². The lowest BCUT2D eigenvalue weighted by molar-refractivity contribution is 0.0215. The molecule has 94 valence electrons. The molecule has 1 aromatic rings. The highest BCUT2D eigenvalue weighted by atomic mass is 15.3. The van der Waals surface area contributed by atoms with Crippen LogP contribution in [0.3, 0.4) is 0 Å². The largest absolute Gasteiger partial charge is 0.314 e. The predicted octanol–water partition coefficient (Wildman–Crippen LogP) is -0.490. The lowest BCUT2D eigenvalue weighted by atomic mass is 10.1. The van der Waals surface area contributed by atoms with E-state index < -0.39 is 0 Å². The van der Waals surface area contributed by atoms with Gasteiger partial charge in [-0.2, -0.15) is 5.10 Å². The second-order valence-electron chi connectivity index (χ2n) is 5.11.